The molecule has 2 N–H and O–H groups in total. The standard InChI is InChI=1S/C14H17ClN2O2S2/c1-16-10-11-4-5-13(9-14(11)15)21(18,19)17-7-6-12-3-2-8-20-12/h2-5,8-9,16-17H,6-7,10H2,1H3. The molecule has 4 nitrogen and oxygen atoms in total. The van der Waals surface area contributed by atoms with E-state index >= 15 is 0 Å². The summed E-state index contributed by atoms with van der Waals surface area (Å²) >= 11 is 7.72. The van der Waals surface area contributed by atoms with Crippen molar-refractivity contribution in [3.8, 4) is 0 Å². The first-order chi connectivity index (χ1) is 10.0. The summed E-state index contributed by atoms with van der Waals surface area (Å²) in [6.45, 7) is 0.976. The van der Waals surface area contributed by atoms with Crippen LogP contribution >= 0.6 is 22.9 Å². The van der Waals surface area contributed by atoms with Crippen molar-refractivity contribution in [3.63, 3.8) is 0 Å². The molecular formula is C14H17ClN2O2S2. The van der Waals surface area contributed by atoms with E-state index in [0.717, 1.165) is 10.4 Å². The lowest BCUT2D eigenvalue weighted by atomic mass is 10.2. The van der Waals surface area contributed by atoms with Crippen LogP contribution in [0.15, 0.2) is 40.6 Å². The molecule has 0 atom stereocenters. The Labute approximate surface area is 134 Å². The molecule has 0 unspecified atom stereocenters. The molecule has 0 spiro atoms. The van der Waals surface area contributed by atoms with Crippen molar-refractivity contribution >= 4 is 33.0 Å². The molecule has 0 saturated carbocycles. The Morgan fingerprint density at radius 3 is 2.71 bits per heavy atom. The Hall–Kier alpha value is -0.920. The van der Waals surface area contributed by atoms with Crippen molar-refractivity contribution in [1.29, 1.82) is 0 Å². The summed E-state index contributed by atoms with van der Waals surface area (Å²) in [4.78, 5) is 1.35. The van der Waals surface area contributed by atoms with Gasteiger partial charge < -0.3 is 5.32 Å². The van der Waals surface area contributed by atoms with E-state index in [1.165, 1.54) is 6.07 Å². The second-order valence-electron chi connectivity index (χ2n) is 4.51. The third kappa shape index (κ3) is 4.52. The van der Waals surface area contributed by atoms with Crippen LogP contribution in [-0.2, 0) is 23.0 Å². The van der Waals surface area contributed by atoms with E-state index in [0.29, 0.717) is 24.5 Å². The van der Waals surface area contributed by atoms with E-state index in [9.17, 15) is 8.42 Å². The fraction of sp³-hybridized carbons (Fsp3) is 0.286. The lowest BCUT2D eigenvalue weighted by Gasteiger charge is -2.09. The second-order valence-corrected chi connectivity index (χ2v) is 7.72. The van der Waals surface area contributed by atoms with E-state index in [1.54, 1.807) is 23.5 Å². The van der Waals surface area contributed by atoms with Crippen LogP contribution < -0.4 is 10.0 Å². The third-order valence-corrected chi connectivity index (χ3v) is 5.69. The Bertz CT molecular complexity index is 685. The van der Waals surface area contributed by atoms with Gasteiger partial charge >= 0.3 is 0 Å². The van der Waals surface area contributed by atoms with E-state index < -0.39 is 10.0 Å². The highest BCUT2D eigenvalue weighted by Crippen LogP contribution is 2.20. The highest BCUT2D eigenvalue weighted by Gasteiger charge is 2.15. The van der Waals surface area contributed by atoms with Gasteiger partial charge in [0, 0.05) is 23.0 Å². The van der Waals surface area contributed by atoms with Gasteiger partial charge in [0.25, 0.3) is 0 Å². The number of rotatable bonds is 7. The van der Waals surface area contributed by atoms with Crippen molar-refractivity contribution in [2.45, 2.75) is 17.9 Å². The molecular weight excluding hydrogens is 328 g/mol. The number of nitrogens with one attached hydrogen (secondary N) is 2. The van der Waals surface area contributed by atoms with Gasteiger partial charge in [-0.25, -0.2) is 13.1 Å². The van der Waals surface area contributed by atoms with Crippen LogP contribution in [0.25, 0.3) is 0 Å². The van der Waals surface area contributed by atoms with Crippen LogP contribution in [0.1, 0.15) is 10.4 Å². The van der Waals surface area contributed by atoms with Gasteiger partial charge in [-0.05, 0) is 42.6 Å². The summed E-state index contributed by atoms with van der Waals surface area (Å²) in [6.07, 6.45) is 0.683. The number of sulfonamides is 1. The minimum atomic E-state index is -3.52. The molecule has 1 heterocycles. The predicted octanol–water partition coefficient (Wildman–Crippen LogP) is 2.64. The zero-order valence-electron chi connectivity index (χ0n) is 11.6. The zero-order chi connectivity index (χ0) is 15.3. The number of hydrogen-bond donors (Lipinski definition) is 2. The summed E-state index contributed by atoms with van der Waals surface area (Å²) in [5.74, 6) is 0. The maximum atomic E-state index is 12.2. The molecule has 1 aromatic carbocycles. The molecule has 0 saturated heterocycles. The quantitative estimate of drug-likeness (QED) is 0.811. The van der Waals surface area contributed by atoms with E-state index in [4.69, 9.17) is 11.6 Å². The van der Waals surface area contributed by atoms with Gasteiger partial charge in [-0.2, -0.15) is 0 Å². The monoisotopic (exact) mass is 344 g/mol. The maximum absolute atomic E-state index is 12.2. The zero-order valence-corrected chi connectivity index (χ0v) is 14.0. The van der Waals surface area contributed by atoms with Gasteiger partial charge in [0.15, 0.2) is 0 Å². The average molecular weight is 345 g/mol. The van der Waals surface area contributed by atoms with Gasteiger partial charge in [-0.3, -0.25) is 0 Å². The van der Waals surface area contributed by atoms with Crippen molar-refractivity contribution < 1.29 is 8.42 Å². The molecule has 21 heavy (non-hydrogen) atoms. The highest BCUT2D eigenvalue weighted by atomic mass is 35.5. The smallest absolute Gasteiger partial charge is 0.240 e. The van der Waals surface area contributed by atoms with Crippen LogP contribution in [0.3, 0.4) is 0 Å². The second kappa shape index (κ2) is 7.38. The summed E-state index contributed by atoms with van der Waals surface area (Å²) in [6, 6.07) is 8.73. The number of hydrogen-bond acceptors (Lipinski definition) is 4. The Balaban J connectivity index is 2.03. The lowest BCUT2D eigenvalue weighted by Crippen LogP contribution is -2.25. The fourth-order valence-corrected chi connectivity index (χ4v) is 3.95. The molecule has 0 amide bonds. The SMILES string of the molecule is CNCc1ccc(S(=O)(=O)NCCc2cccs2)cc1Cl. The molecule has 2 aromatic rings. The first kappa shape index (κ1) is 16.5. The lowest BCUT2D eigenvalue weighted by molar-refractivity contribution is 0.582. The highest BCUT2D eigenvalue weighted by molar-refractivity contribution is 7.89. The Morgan fingerprint density at radius 1 is 1.29 bits per heavy atom. The number of benzene rings is 1. The van der Waals surface area contributed by atoms with Gasteiger partial charge in [-0.15, -0.1) is 11.3 Å². The fourth-order valence-electron chi connectivity index (χ4n) is 1.88. The van der Waals surface area contributed by atoms with Crippen LogP contribution in [-0.4, -0.2) is 22.0 Å². The van der Waals surface area contributed by atoms with Gasteiger partial charge in [0.05, 0.1) is 4.90 Å². The molecule has 0 fully saturated rings. The molecule has 0 radical (unpaired) electrons. The maximum Gasteiger partial charge on any atom is 0.240 e. The van der Waals surface area contributed by atoms with Crippen molar-refractivity contribution in [1.82, 2.24) is 10.0 Å². The van der Waals surface area contributed by atoms with Crippen molar-refractivity contribution in [2.75, 3.05) is 13.6 Å². The molecule has 7 heteroatoms. The minimum Gasteiger partial charge on any atom is -0.316 e. The first-order valence-corrected chi connectivity index (χ1v) is 9.22. The third-order valence-electron chi connectivity index (χ3n) is 2.95. The van der Waals surface area contributed by atoms with Crippen LogP contribution in [0, 0.1) is 0 Å². The predicted molar refractivity (Wildman–Crippen MR) is 87.4 cm³/mol. The first-order valence-electron chi connectivity index (χ1n) is 6.48. The van der Waals surface area contributed by atoms with Gasteiger partial charge in [-0.1, -0.05) is 23.7 Å². The molecule has 0 aliphatic rings. The topological polar surface area (TPSA) is 58.2 Å². The summed E-state index contributed by atoms with van der Waals surface area (Å²) in [5.41, 5.74) is 0.872. The summed E-state index contributed by atoms with van der Waals surface area (Å²) in [7, 11) is -1.71. The van der Waals surface area contributed by atoms with Gasteiger partial charge in [0.1, 0.15) is 0 Å². The molecule has 0 bridgehead atoms. The summed E-state index contributed by atoms with van der Waals surface area (Å²) in [5, 5.41) is 5.41. The Morgan fingerprint density at radius 2 is 2.10 bits per heavy atom. The minimum absolute atomic E-state index is 0.193. The van der Waals surface area contributed by atoms with E-state index in [2.05, 4.69) is 10.0 Å². The molecule has 2 rings (SSSR count). The normalized spacial score (nSPS) is 11.7. The van der Waals surface area contributed by atoms with Crippen LogP contribution in [0.4, 0.5) is 0 Å². The van der Waals surface area contributed by atoms with Crippen molar-refractivity contribution in [2.24, 2.45) is 0 Å². The van der Waals surface area contributed by atoms with Crippen LogP contribution in [0.2, 0.25) is 5.02 Å². The number of halogens is 1. The largest absolute Gasteiger partial charge is 0.316 e. The molecule has 114 valence electrons. The van der Waals surface area contributed by atoms with Gasteiger partial charge in [0.2, 0.25) is 10.0 Å². The Kier molecular flexibility index (Phi) is 5.78. The molecule has 0 aliphatic carbocycles. The average Bonchev–Trinajstić information content (AvgIpc) is 2.94. The molecule has 0 aliphatic heterocycles. The summed E-state index contributed by atoms with van der Waals surface area (Å²) < 4.78 is 27.0. The van der Waals surface area contributed by atoms with E-state index in [1.807, 2.05) is 24.6 Å². The molecule has 1 aromatic heterocycles. The number of thiophene rings is 1. The van der Waals surface area contributed by atoms with E-state index in [-0.39, 0.29) is 4.90 Å². The van der Waals surface area contributed by atoms with Crippen molar-refractivity contribution in [3.05, 3.63) is 51.2 Å². The van der Waals surface area contributed by atoms with Crippen LogP contribution in [0.5, 0.6) is 0 Å².